The van der Waals surface area contributed by atoms with Gasteiger partial charge in [0, 0.05) is 0 Å². The van der Waals surface area contributed by atoms with Crippen LogP contribution in [0.25, 0.3) is 0 Å². The van der Waals surface area contributed by atoms with Crippen molar-refractivity contribution in [3.05, 3.63) is 47.6 Å². The zero-order chi connectivity index (χ0) is 14.2. The minimum Gasteiger partial charge on any atom is -0.338 e. The molecule has 0 bridgehead atoms. The summed E-state index contributed by atoms with van der Waals surface area (Å²) in [6.45, 7) is 4.28. The van der Waals surface area contributed by atoms with Crippen molar-refractivity contribution in [2.75, 3.05) is 0 Å². The Labute approximate surface area is 119 Å². The number of hydrogen-bond donors (Lipinski definition) is 1. The lowest BCUT2D eigenvalue weighted by molar-refractivity contribution is 0.331. The lowest BCUT2D eigenvalue weighted by Gasteiger charge is -2.11. The maximum Gasteiger partial charge on any atom is 0.243 e. The lowest BCUT2D eigenvalue weighted by atomic mass is 9.95. The van der Waals surface area contributed by atoms with Crippen molar-refractivity contribution in [3.63, 3.8) is 0 Å². The first-order chi connectivity index (χ1) is 9.62. The SMILES string of the molecule is CC(C)C[C@H](N)c1nc(C2(c3ccccc3)CC2)no1. The molecule has 1 aromatic heterocycles. The molecule has 1 saturated carbocycles. The van der Waals surface area contributed by atoms with Crippen molar-refractivity contribution in [1.29, 1.82) is 0 Å². The van der Waals surface area contributed by atoms with Crippen molar-refractivity contribution in [1.82, 2.24) is 10.1 Å². The van der Waals surface area contributed by atoms with E-state index in [-0.39, 0.29) is 11.5 Å². The van der Waals surface area contributed by atoms with Crippen molar-refractivity contribution >= 4 is 0 Å². The summed E-state index contributed by atoms with van der Waals surface area (Å²) < 4.78 is 5.39. The molecule has 0 spiro atoms. The van der Waals surface area contributed by atoms with Crippen LogP contribution in [-0.2, 0) is 5.41 Å². The molecule has 1 atom stereocenters. The van der Waals surface area contributed by atoms with E-state index in [9.17, 15) is 0 Å². The van der Waals surface area contributed by atoms with E-state index in [1.165, 1.54) is 5.56 Å². The molecule has 1 aliphatic carbocycles. The Balaban J connectivity index is 1.84. The van der Waals surface area contributed by atoms with Crippen LogP contribution in [0, 0.1) is 5.92 Å². The van der Waals surface area contributed by atoms with E-state index in [2.05, 4.69) is 48.3 Å². The Bertz CT molecular complexity index is 572. The molecule has 1 heterocycles. The molecule has 2 N–H and O–H groups in total. The molecule has 1 aromatic carbocycles. The summed E-state index contributed by atoms with van der Waals surface area (Å²) >= 11 is 0. The second kappa shape index (κ2) is 5.02. The summed E-state index contributed by atoms with van der Waals surface area (Å²) in [5.74, 6) is 1.87. The molecular formula is C16H21N3O. The van der Waals surface area contributed by atoms with E-state index in [1.54, 1.807) is 0 Å². The highest BCUT2D eigenvalue weighted by Gasteiger charge is 2.50. The van der Waals surface area contributed by atoms with Gasteiger partial charge in [0.1, 0.15) is 0 Å². The van der Waals surface area contributed by atoms with Gasteiger partial charge in [-0.1, -0.05) is 49.3 Å². The van der Waals surface area contributed by atoms with E-state index in [0.29, 0.717) is 11.8 Å². The minimum atomic E-state index is -0.164. The van der Waals surface area contributed by atoms with Crippen LogP contribution in [0.3, 0.4) is 0 Å². The summed E-state index contributed by atoms with van der Waals surface area (Å²) in [4.78, 5) is 4.57. The summed E-state index contributed by atoms with van der Waals surface area (Å²) in [5, 5.41) is 4.19. The van der Waals surface area contributed by atoms with Gasteiger partial charge < -0.3 is 10.3 Å². The number of nitrogens with zero attached hydrogens (tertiary/aromatic N) is 2. The van der Waals surface area contributed by atoms with E-state index < -0.39 is 0 Å². The third-order valence-corrected chi connectivity index (χ3v) is 3.99. The second-order valence-corrected chi connectivity index (χ2v) is 6.14. The number of rotatable bonds is 5. The molecule has 0 aliphatic heterocycles. The first kappa shape index (κ1) is 13.3. The molecule has 0 radical (unpaired) electrons. The molecular weight excluding hydrogens is 250 g/mol. The molecule has 1 aliphatic rings. The predicted octanol–water partition coefficient (Wildman–Crippen LogP) is 3.20. The number of hydrogen-bond acceptors (Lipinski definition) is 4. The number of benzene rings is 1. The molecule has 106 valence electrons. The largest absolute Gasteiger partial charge is 0.338 e. The van der Waals surface area contributed by atoms with E-state index in [1.807, 2.05) is 6.07 Å². The van der Waals surface area contributed by atoms with Crippen LogP contribution in [0.4, 0.5) is 0 Å². The smallest absolute Gasteiger partial charge is 0.243 e. The maximum atomic E-state index is 6.12. The molecule has 20 heavy (non-hydrogen) atoms. The van der Waals surface area contributed by atoms with Gasteiger partial charge in [-0.25, -0.2) is 0 Å². The van der Waals surface area contributed by atoms with Crippen molar-refractivity contribution in [2.24, 2.45) is 11.7 Å². The van der Waals surface area contributed by atoms with Crippen LogP contribution in [-0.4, -0.2) is 10.1 Å². The Morgan fingerprint density at radius 3 is 2.55 bits per heavy atom. The fourth-order valence-corrected chi connectivity index (χ4v) is 2.71. The zero-order valence-electron chi connectivity index (χ0n) is 12.0. The average Bonchev–Trinajstić information content (AvgIpc) is 3.09. The molecule has 4 heteroatoms. The van der Waals surface area contributed by atoms with Crippen molar-refractivity contribution in [3.8, 4) is 0 Å². The first-order valence-corrected chi connectivity index (χ1v) is 7.27. The third kappa shape index (κ3) is 2.36. The molecule has 0 amide bonds. The summed E-state index contributed by atoms with van der Waals surface area (Å²) in [6, 6.07) is 10.2. The van der Waals surface area contributed by atoms with Gasteiger partial charge in [0.15, 0.2) is 5.82 Å². The van der Waals surface area contributed by atoms with Gasteiger partial charge in [-0.2, -0.15) is 4.98 Å². The molecule has 0 unspecified atom stereocenters. The monoisotopic (exact) mass is 271 g/mol. The van der Waals surface area contributed by atoms with E-state index in [0.717, 1.165) is 25.1 Å². The van der Waals surface area contributed by atoms with Gasteiger partial charge in [-0.15, -0.1) is 0 Å². The molecule has 1 fully saturated rings. The zero-order valence-corrected chi connectivity index (χ0v) is 12.0. The summed E-state index contributed by atoms with van der Waals surface area (Å²) in [5.41, 5.74) is 7.34. The molecule has 2 aromatic rings. The van der Waals surface area contributed by atoms with Crippen molar-refractivity contribution in [2.45, 2.75) is 44.6 Å². The maximum absolute atomic E-state index is 6.12. The van der Waals surface area contributed by atoms with Gasteiger partial charge in [0.25, 0.3) is 0 Å². The Kier molecular flexibility index (Phi) is 3.34. The predicted molar refractivity (Wildman–Crippen MR) is 77.1 cm³/mol. The van der Waals surface area contributed by atoms with Crippen LogP contribution in [0.5, 0.6) is 0 Å². The fourth-order valence-electron chi connectivity index (χ4n) is 2.71. The fraction of sp³-hybridized carbons (Fsp3) is 0.500. The highest BCUT2D eigenvalue weighted by molar-refractivity contribution is 5.38. The average molecular weight is 271 g/mol. The quantitative estimate of drug-likeness (QED) is 0.907. The standard InChI is InChI=1S/C16H21N3O/c1-11(2)10-13(17)14-18-15(19-20-14)16(8-9-16)12-6-4-3-5-7-12/h3-7,11,13H,8-10,17H2,1-2H3/t13-/m0/s1. The van der Waals surface area contributed by atoms with Gasteiger partial charge >= 0.3 is 0 Å². The van der Waals surface area contributed by atoms with Gasteiger partial charge in [0.2, 0.25) is 5.89 Å². The van der Waals surface area contributed by atoms with Crippen molar-refractivity contribution < 1.29 is 4.52 Å². The number of aromatic nitrogens is 2. The van der Waals surface area contributed by atoms with Gasteiger partial charge in [-0.05, 0) is 30.7 Å². The van der Waals surface area contributed by atoms with Gasteiger partial charge in [-0.3, -0.25) is 0 Å². The van der Waals surface area contributed by atoms with Crippen LogP contribution in [0.15, 0.2) is 34.9 Å². The minimum absolute atomic E-state index is 0.0411. The van der Waals surface area contributed by atoms with Crippen LogP contribution < -0.4 is 5.73 Å². The molecule has 3 rings (SSSR count). The van der Waals surface area contributed by atoms with E-state index in [4.69, 9.17) is 10.3 Å². The lowest BCUT2D eigenvalue weighted by Crippen LogP contribution is -2.15. The molecule has 0 saturated heterocycles. The normalized spacial score (nSPS) is 18.2. The van der Waals surface area contributed by atoms with Crippen LogP contribution in [0.2, 0.25) is 0 Å². The Morgan fingerprint density at radius 1 is 1.25 bits per heavy atom. The topological polar surface area (TPSA) is 64.9 Å². The Hall–Kier alpha value is -1.68. The first-order valence-electron chi connectivity index (χ1n) is 7.27. The molecule has 4 nitrogen and oxygen atoms in total. The van der Waals surface area contributed by atoms with Gasteiger partial charge in [0.05, 0.1) is 11.5 Å². The third-order valence-electron chi connectivity index (χ3n) is 3.99. The highest BCUT2D eigenvalue weighted by atomic mass is 16.5. The number of nitrogens with two attached hydrogens (primary N) is 1. The summed E-state index contributed by atoms with van der Waals surface area (Å²) in [6.07, 6.45) is 3.02. The summed E-state index contributed by atoms with van der Waals surface area (Å²) in [7, 11) is 0. The van der Waals surface area contributed by atoms with E-state index >= 15 is 0 Å². The highest BCUT2D eigenvalue weighted by Crippen LogP contribution is 2.52. The van der Waals surface area contributed by atoms with Crippen LogP contribution in [0.1, 0.15) is 56.4 Å². The van der Waals surface area contributed by atoms with Crippen LogP contribution >= 0.6 is 0 Å². The Morgan fingerprint density at radius 2 is 1.95 bits per heavy atom. The second-order valence-electron chi connectivity index (χ2n) is 6.14.